The summed E-state index contributed by atoms with van der Waals surface area (Å²) in [6.07, 6.45) is 0. The number of halogens is 1. The zero-order valence-electron chi connectivity index (χ0n) is 15.9. The quantitative estimate of drug-likeness (QED) is 0.298. The minimum Gasteiger partial charge on any atom is -0.508 e. The molecule has 3 atom stereocenters. The second-order valence-electron chi connectivity index (χ2n) is 7.24. The molecule has 2 aromatic carbocycles. The maximum atomic E-state index is 13.5. The smallest absolute Gasteiger partial charge is 0.305 e. The number of anilines is 1. The Morgan fingerprint density at radius 2 is 1.81 bits per heavy atom. The van der Waals surface area contributed by atoms with E-state index < -0.39 is 33.8 Å². The number of non-ortho nitro benzene ring substituents is 1. The highest BCUT2D eigenvalue weighted by Crippen LogP contribution is 2.54. The van der Waals surface area contributed by atoms with Gasteiger partial charge in [-0.3, -0.25) is 24.5 Å². The van der Waals surface area contributed by atoms with Crippen molar-refractivity contribution >= 4 is 62.2 Å². The Bertz CT molecular complexity index is 1350. The summed E-state index contributed by atoms with van der Waals surface area (Å²) in [6.45, 7) is 0. The van der Waals surface area contributed by atoms with E-state index in [1.165, 1.54) is 12.1 Å². The summed E-state index contributed by atoms with van der Waals surface area (Å²) < 4.78 is 0.784. The first-order valence-electron chi connectivity index (χ1n) is 9.26. The van der Waals surface area contributed by atoms with Crippen molar-refractivity contribution in [2.45, 2.75) is 16.2 Å². The van der Waals surface area contributed by atoms with E-state index in [9.17, 15) is 29.6 Å². The Kier molecular flexibility index (Phi) is 4.95. The minimum atomic E-state index is -0.942. The van der Waals surface area contributed by atoms with Crippen LogP contribution >= 0.6 is 39.0 Å². The van der Waals surface area contributed by atoms with Gasteiger partial charge < -0.3 is 10.1 Å². The van der Waals surface area contributed by atoms with Gasteiger partial charge in [-0.05, 0) is 30.3 Å². The number of aromatic amines is 1. The second-order valence-corrected chi connectivity index (χ2v) is 10.3. The van der Waals surface area contributed by atoms with Crippen LogP contribution in [0.1, 0.15) is 16.4 Å². The number of carbonyl (C=O) groups is 2. The number of nitrogens with zero attached hydrogens (tertiary/aromatic N) is 2. The Morgan fingerprint density at radius 3 is 2.50 bits per heavy atom. The molecule has 0 aliphatic carbocycles. The molecule has 0 unspecified atom stereocenters. The Balaban J connectivity index is 1.69. The van der Waals surface area contributed by atoms with Crippen LogP contribution in [0.15, 0.2) is 56.8 Å². The number of phenolic OH excluding ortho intramolecular Hbond substituents is 1. The summed E-state index contributed by atoms with van der Waals surface area (Å²) in [5.41, 5.74) is 0.264. The van der Waals surface area contributed by atoms with Gasteiger partial charge in [-0.1, -0.05) is 39.0 Å². The van der Waals surface area contributed by atoms with E-state index in [0.717, 1.165) is 38.5 Å². The lowest BCUT2D eigenvalue weighted by atomic mass is 9.82. The number of fused-ring (bicyclic) bond motifs is 2. The molecule has 12 heteroatoms. The summed E-state index contributed by atoms with van der Waals surface area (Å²) in [7, 11) is 0. The number of thioether (sulfide) groups is 1. The molecule has 2 N–H and O–H groups in total. The standard InChI is InChI=1S/C20H12BrN3O6S2/c21-8-1-3-9(4-2-8)23-18(26)14-13(11-7-10(24(29)30)5-6-12(11)25)15-17(22-20(28)32-15)31-16(14)19(23)27/h1-7,13-14,16,25H,(H,22,28)/t13-,14-,16+/m0/s1. The molecule has 1 aromatic heterocycles. The first-order chi connectivity index (χ1) is 15.3. The molecule has 0 spiro atoms. The Labute approximate surface area is 196 Å². The van der Waals surface area contributed by atoms with Gasteiger partial charge >= 0.3 is 4.87 Å². The average molecular weight is 534 g/mol. The van der Waals surface area contributed by atoms with E-state index in [0.29, 0.717) is 15.6 Å². The zero-order chi connectivity index (χ0) is 22.7. The predicted octanol–water partition coefficient (Wildman–Crippen LogP) is 3.61. The molecule has 1 fully saturated rings. The second kappa shape index (κ2) is 7.57. The minimum absolute atomic E-state index is 0.129. The molecule has 9 nitrogen and oxygen atoms in total. The van der Waals surface area contributed by atoms with Crippen LogP contribution in [0.25, 0.3) is 0 Å². The van der Waals surface area contributed by atoms with Gasteiger partial charge in [0.25, 0.3) is 5.69 Å². The van der Waals surface area contributed by atoms with Gasteiger partial charge in [0, 0.05) is 33.0 Å². The largest absolute Gasteiger partial charge is 0.508 e. The van der Waals surface area contributed by atoms with Crippen LogP contribution in [0.3, 0.4) is 0 Å². The number of rotatable bonds is 3. The summed E-state index contributed by atoms with van der Waals surface area (Å²) >= 11 is 5.29. The van der Waals surface area contributed by atoms with Gasteiger partial charge in [-0.15, -0.1) is 0 Å². The number of nitro groups is 1. The van der Waals surface area contributed by atoms with Crippen molar-refractivity contribution in [3.63, 3.8) is 0 Å². The Morgan fingerprint density at radius 1 is 1.09 bits per heavy atom. The average Bonchev–Trinajstić information content (AvgIpc) is 3.24. The third-order valence-corrected chi connectivity index (χ3v) is 8.40. The van der Waals surface area contributed by atoms with Gasteiger partial charge in [0.2, 0.25) is 11.8 Å². The van der Waals surface area contributed by atoms with Crippen LogP contribution in [-0.4, -0.2) is 32.1 Å². The third-order valence-electron chi connectivity index (χ3n) is 5.47. The van der Waals surface area contributed by atoms with E-state index >= 15 is 0 Å². The molecule has 1 saturated heterocycles. The number of amides is 2. The fourth-order valence-corrected chi connectivity index (χ4v) is 6.87. The maximum absolute atomic E-state index is 13.5. The molecule has 5 rings (SSSR count). The fraction of sp³-hybridized carbons (Fsp3) is 0.150. The van der Waals surface area contributed by atoms with Gasteiger partial charge in [-0.2, -0.15) is 0 Å². The van der Waals surface area contributed by atoms with Gasteiger partial charge in [0.05, 0.1) is 21.6 Å². The molecule has 0 saturated carbocycles. The molecule has 2 amide bonds. The van der Waals surface area contributed by atoms with Crippen LogP contribution in [0, 0.1) is 16.0 Å². The number of thiazole rings is 1. The van der Waals surface area contributed by atoms with Crippen molar-refractivity contribution in [2.75, 3.05) is 4.90 Å². The number of imide groups is 1. The van der Waals surface area contributed by atoms with E-state index in [1.54, 1.807) is 24.3 Å². The van der Waals surface area contributed by atoms with Crippen LogP contribution in [-0.2, 0) is 9.59 Å². The number of aromatic hydroxyl groups is 1. The highest BCUT2D eigenvalue weighted by atomic mass is 79.9. The van der Waals surface area contributed by atoms with Crippen molar-refractivity contribution in [2.24, 2.45) is 5.92 Å². The number of nitrogens with one attached hydrogen (secondary N) is 1. The summed E-state index contributed by atoms with van der Waals surface area (Å²) in [5, 5.41) is 21.5. The SMILES string of the molecule is O=C1[C@H]2[C@H](c3cc([N+](=O)[O-])ccc3O)c3sc(=O)[nH]c3S[C@H]2C(=O)N1c1ccc(Br)cc1. The van der Waals surface area contributed by atoms with Crippen LogP contribution < -0.4 is 9.77 Å². The Hall–Kier alpha value is -2.96. The summed E-state index contributed by atoms with van der Waals surface area (Å²) in [4.78, 5) is 53.6. The van der Waals surface area contributed by atoms with Gasteiger partial charge in [0.15, 0.2) is 0 Å². The van der Waals surface area contributed by atoms with E-state index in [1.807, 2.05) is 0 Å². The summed E-state index contributed by atoms with van der Waals surface area (Å²) in [6, 6.07) is 10.2. The van der Waals surface area contributed by atoms with E-state index in [4.69, 9.17) is 0 Å². The molecule has 162 valence electrons. The molecule has 2 aliphatic rings. The lowest BCUT2D eigenvalue weighted by molar-refractivity contribution is -0.385. The van der Waals surface area contributed by atoms with Crippen LogP contribution in [0.2, 0.25) is 0 Å². The van der Waals surface area contributed by atoms with Crippen molar-refractivity contribution in [3.05, 3.63) is 77.2 Å². The number of hydrogen-bond acceptors (Lipinski definition) is 8. The molecule has 3 aromatic rings. The number of hydrogen-bond donors (Lipinski definition) is 2. The highest BCUT2D eigenvalue weighted by molar-refractivity contribution is 9.10. The predicted molar refractivity (Wildman–Crippen MR) is 121 cm³/mol. The van der Waals surface area contributed by atoms with E-state index in [2.05, 4.69) is 20.9 Å². The molecular formula is C20H12BrN3O6S2. The highest BCUT2D eigenvalue weighted by Gasteiger charge is 2.56. The van der Waals surface area contributed by atoms with E-state index in [-0.39, 0.29) is 21.9 Å². The molecule has 3 heterocycles. The van der Waals surface area contributed by atoms with Crippen molar-refractivity contribution in [1.82, 2.24) is 4.98 Å². The number of aromatic nitrogens is 1. The van der Waals surface area contributed by atoms with Crippen molar-refractivity contribution < 1.29 is 19.6 Å². The lowest BCUT2D eigenvalue weighted by Gasteiger charge is -2.30. The lowest BCUT2D eigenvalue weighted by Crippen LogP contribution is -2.32. The number of H-pyrrole nitrogens is 1. The van der Waals surface area contributed by atoms with Crippen LogP contribution in [0.4, 0.5) is 11.4 Å². The number of phenols is 1. The van der Waals surface area contributed by atoms with Crippen LogP contribution in [0.5, 0.6) is 5.75 Å². The molecule has 32 heavy (non-hydrogen) atoms. The maximum Gasteiger partial charge on any atom is 0.305 e. The third kappa shape index (κ3) is 3.17. The topological polar surface area (TPSA) is 134 Å². The number of nitro benzene ring substituents is 1. The number of carbonyl (C=O) groups excluding carboxylic acids is 2. The normalized spacial score (nSPS) is 22.0. The molecular weight excluding hydrogens is 522 g/mol. The summed E-state index contributed by atoms with van der Waals surface area (Å²) in [5.74, 6) is -3.02. The van der Waals surface area contributed by atoms with Gasteiger partial charge in [0.1, 0.15) is 11.0 Å². The monoisotopic (exact) mass is 533 g/mol. The van der Waals surface area contributed by atoms with Crippen molar-refractivity contribution in [1.29, 1.82) is 0 Å². The molecule has 0 radical (unpaired) electrons. The molecule has 0 bridgehead atoms. The van der Waals surface area contributed by atoms with Gasteiger partial charge in [-0.25, -0.2) is 4.90 Å². The van der Waals surface area contributed by atoms with Crippen molar-refractivity contribution in [3.8, 4) is 5.75 Å². The first-order valence-corrected chi connectivity index (χ1v) is 11.8. The fourth-order valence-electron chi connectivity index (χ4n) is 4.10. The first kappa shape index (κ1) is 20.9. The zero-order valence-corrected chi connectivity index (χ0v) is 19.1. The molecule has 2 aliphatic heterocycles. The number of benzene rings is 2.